The second-order valence-corrected chi connectivity index (χ2v) is 7.80. The van der Waals surface area contributed by atoms with E-state index in [-0.39, 0.29) is 24.6 Å². The van der Waals surface area contributed by atoms with Crippen LogP contribution in [0.5, 0.6) is 0 Å². The van der Waals surface area contributed by atoms with Gasteiger partial charge in [0.15, 0.2) is 0 Å². The zero-order valence-electron chi connectivity index (χ0n) is 19.1. The van der Waals surface area contributed by atoms with Crippen molar-refractivity contribution in [1.29, 1.82) is 0 Å². The molecule has 0 bridgehead atoms. The Balaban J connectivity index is 0.000000604. The summed E-state index contributed by atoms with van der Waals surface area (Å²) in [4.78, 5) is 37.4. The molecule has 14 heteroatoms. The maximum Gasteiger partial charge on any atom is 0.490 e. The summed E-state index contributed by atoms with van der Waals surface area (Å²) in [7, 11) is 0. The van der Waals surface area contributed by atoms with Crippen molar-refractivity contribution in [2.24, 2.45) is 0 Å². The topological polar surface area (TPSA) is 90.0 Å². The fourth-order valence-electron chi connectivity index (χ4n) is 3.17. The molecule has 0 atom stereocenters. The van der Waals surface area contributed by atoms with E-state index in [2.05, 4.69) is 5.32 Å². The summed E-state index contributed by atoms with van der Waals surface area (Å²) in [6.07, 6.45) is -9.59. The van der Waals surface area contributed by atoms with Gasteiger partial charge < -0.3 is 20.2 Å². The first-order chi connectivity index (χ1) is 17.2. The van der Waals surface area contributed by atoms with Crippen molar-refractivity contribution in [3.63, 3.8) is 0 Å². The number of hydrogen-bond acceptors (Lipinski definition) is 4. The van der Waals surface area contributed by atoms with Crippen molar-refractivity contribution in [2.75, 3.05) is 32.7 Å². The largest absolute Gasteiger partial charge is 0.490 e. The highest BCUT2D eigenvalue weighted by Crippen LogP contribution is 2.29. The molecule has 1 aliphatic heterocycles. The molecule has 0 unspecified atom stereocenters. The summed E-state index contributed by atoms with van der Waals surface area (Å²) in [5.74, 6) is -4.01. The van der Waals surface area contributed by atoms with Gasteiger partial charge in [-0.25, -0.2) is 9.18 Å². The van der Waals surface area contributed by atoms with Gasteiger partial charge in [0.05, 0.1) is 5.56 Å². The number of carboxylic acids is 1. The van der Waals surface area contributed by atoms with Gasteiger partial charge in [0.25, 0.3) is 5.91 Å². The van der Waals surface area contributed by atoms with Crippen LogP contribution in [0.3, 0.4) is 0 Å². The molecule has 202 valence electrons. The van der Waals surface area contributed by atoms with Gasteiger partial charge >= 0.3 is 18.3 Å². The molecule has 3 rings (SSSR count). The Morgan fingerprint density at radius 1 is 0.892 bits per heavy atom. The van der Waals surface area contributed by atoms with Crippen molar-refractivity contribution in [3.8, 4) is 0 Å². The van der Waals surface area contributed by atoms with Gasteiger partial charge in [0.2, 0.25) is 5.91 Å². The Hall–Kier alpha value is -3.68. The number of carbonyl (C=O) groups is 3. The summed E-state index contributed by atoms with van der Waals surface area (Å²) < 4.78 is 83.3. The molecule has 1 heterocycles. The Morgan fingerprint density at radius 2 is 1.41 bits per heavy atom. The van der Waals surface area contributed by atoms with Crippen molar-refractivity contribution in [3.05, 3.63) is 71.0 Å². The fourth-order valence-corrected chi connectivity index (χ4v) is 3.17. The molecule has 2 aromatic rings. The summed E-state index contributed by atoms with van der Waals surface area (Å²) in [5, 5.41) is 10.3. The van der Waals surface area contributed by atoms with E-state index in [4.69, 9.17) is 9.90 Å². The van der Waals surface area contributed by atoms with Gasteiger partial charge in [-0.05, 0) is 42.0 Å². The molecule has 0 spiro atoms. The van der Waals surface area contributed by atoms with E-state index < -0.39 is 35.6 Å². The number of amides is 2. The van der Waals surface area contributed by atoms with Gasteiger partial charge in [-0.1, -0.05) is 12.1 Å². The van der Waals surface area contributed by atoms with Crippen LogP contribution in [0.15, 0.2) is 48.5 Å². The first-order valence-electron chi connectivity index (χ1n) is 10.7. The van der Waals surface area contributed by atoms with Crippen LogP contribution in [0.2, 0.25) is 0 Å². The Bertz CT molecular complexity index is 1070. The Labute approximate surface area is 206 Å². The number of benzene rings is 2. The van der Waals surface area contributed by atoms with Gasteiger partial charge in [-0.3, -0.25) is 9.59 Å². The predicted molar refractivity (Wildman–Crippen MR) is 116 cm³/mol. The normalized spacial score (nSPS) is 13.9. The Morgan fingerprint density at radius 3 is 1.86 bits per heavy atom. The lowest BCUT2D eigenvalue weighted by atomic mass is 10.1. The predicted octanol–water partition coefficient (Wildman–Crippen LogP) is 3.55. The fraction of sp³-hybridized carbons (Fsp3) is 0.348. The number of carbonyl (C=O) groups excluding carboxylic acids is 2. The summed E-state index contributed by atoms with van der Waals surface area (Å²) in [5.41, 5.74) is -0.218. The second-order valence-electron chi connectivity index (χ2n) is 7.80. The molecule has 0 radical (unpaired) electrons. The third kappa shape index (κ3) is 9.37. The van der Waals surface area contributed by atoms with Crippen molar-refractivity contribution >= 4 is 17.8 Å². The smallest absolute Gasteiger partial charge is 0.475 e. The number of hydrogen-bond donors (Lipinski definition) is 2. The standard InChI is InChI=1S/C21H21F4N3O2.C2HF3O2/c22-18-7-1-15(2-8-18)13-28(14-19(29)27-11-9-26-10-12-27)20(30)16-3-5-17(6-4-16)21(23,24)25;3-2(4,5)1(6)7/h1-8,26H,9-14H2;(H,6,7). The van der Waals surface area contributed by atoms with Crippen LogP contribution in [0, 0.1) is 5.82 Å². The highest BCUT2D eigenvalue weighted by Gasteiger charge is 2.38. The van der Waals surface area contributed by atoms with Crippen molar-refractivity contribution in [2.45, 2.75) is 18.9 Å². The summed E-state index contributed by atoms with van der Waals surface area (Å²) in [6.45, 7) is 2.12. The van der Waals surface area contributed by atoms with Crippen LogP contribution in [0.1, 0.15) is 21.5 Å². The van der Waals surface area contributed by atoms with E-state index >= 15 is 0 Å². The monoisotopic (exact) mass is 537 g/mol. The number of rotatable bonds is 5. The van der Waals surface area contributed by atoms with E-state index in [1.54, 1.807) is 4.90 Å². The lowest BCUT2D eigenvalue weighted by Gasteiger charge is -2.30. The van der Waals surface area contributed by atoms with Crippen LogP contribution >= 0.6 is 0 Å². The zero-order chi connectivity index (χ0) is 27.8. The number of halogens is 7. The van der Waals surface area contributed by atoms with Crippen molar-refractivity contribution < 1.29 is 50.2 Å². The van der Waals surface area contributed by atoms with Crippen LogP contribution in [-0.4, -0.2) is 71.6 Å². The van der Waals surface area contributed by atoms with E-state index in [0.717, 1.165) is 24.3 Å². The lowest BCUT2D eigenvalue weighted by molar-refractivity contribution is -0.192. The van der Waals surface area contributed by atoms with Crippen LogP contribution < -0.4 is 5.32 Å². The highest BCUT2D eigenvalue weighted by molar-refractivity contribution is 5.96. The molecule has 37 heavy (non-hydrogen) atoms. The summed E-state index contributed by atoms with van der Waals surface area (Å²) >= 11 is 0. The zero-order valence-corrected chi connectivity index (χ0v) is 19.1. The second kappa shape index (κ2) is 12.5. The molecule has 2 N–H and O–H groups in total. The minimum Gasteiger partial charge on any atom is -0.475 e. The van der Waals surface area contributed by atoms with Gasteiger partial charge in [0, 0.05) is 38.3 Å². The molecule has 0 aliphatic carbocycles. The minimum atomic E-state index is -5.08. The van der Waals surface area contributed by atoms with E-state index in [1.807, 2.05) is 0 Å². The lowest BCUT2D eigenvalue weighted by Crippen LogP contribution is -2.50. The van der Waals surface area contributed by atoms with Crippen LogP contribution in [0.25, 0.3) is 0 Å². The molecular formula is C23H22F7N3O4. The number of nitrogens with zero attached hydrogens (tertiary/aromatic N) is 2. The van der Waals surface area contributed by atoms with Gasteiger partial charge in [0.1, 0.15) is 12.4 Å². The quantitative estimate of drug-likeness (QED) is 0.570. The molecule has 1 saturated heterocycles. The molecule has 0 aromatic heterocycles. The highest BCUT2D eigenvalue weighted by atomic mass is 19.4. The molecule has 2 aromatic carbocycles. The number of piperazine rings is 1. The number of carboxylic acid groups (broad SMARTS) is 1. The average molecular weight is 537 g/mol. The van der Waals surface area contributed by atoms with Crippen LogP contribution in [0.4, 0.5) is 30.7 Å². The van der Waals surface area contributed by atoms with Crippen molar-refractivity contribution in [1.82, 2.24) is 15.1 Å². The Kier molecular flexibility index (Phi) is 10.00. The maximum atomic E-state index is 13.2. The van der Waals surface area contributed by atoms with E-state index in [0.29, 0.717) is 31.7 Å². The third-order valence-corrected chi connectivity index (χ3v) is 5.07. The molecule has 0 saturated carbocycles. The number of aliphatic carboxylic acids is 1. The van der Waals surface area contributed by atoms with E-state index in [1.165, 1.54) is 29.2 Å². The molecule has 7 nitrogen and oxygen atoms in total. The third-order valence-electron chi connectivity index (χ3n) is 5.07. The van der Waals surface area contributed by atoms with Crippen LogP contribution in [-0.2, 0) is 22.3 Å². The number of nitrogens with one attached hydrogen (secondary N) is 1. The number of alkyl halides is 6. The average Bonchev–Trinajstić information content (AvgIpc) is 2.84. The minimum absolute atomic E-state index is 0.0258. The molecule has 1 aliphatic rings. The van der Waals surface area contributed by atoms with Gasteiger partial charge in [-0.15, -0.1) is 0 Å². The molecular weight excluding hydrogens is 515 g/mol. The van der Waals surface area contributed by atoms with E-state index in [9.17, 15) is 40.3 Å². The molecule has 2 amide bonds. The maximum absolute atomic E-state index is 13.2. The first-order valence-corrected chi connectivity index (χ1v) is 10.7. The molecule has 1 fully saturated rings. The first kappa shape index (κ1) is 29.5. The summed E-state index contributed by atoms with van der Waals surface area (Å²) in [6, 6.07) is 9.34. The van der Waals surface area contributed by atoms with Gasteiger partial charge in [-0.2, -0.15) is 26.3 Å². The SMILES string of the molecule is O=C(CN(Cc1ccc(F)cc1)C(=O)c1ccc(C(F)(F)F)cc1)N1CCNCC1.O=C(O)C(F)(F)F.